The van der Waals surface area contributed by atoms with E-state index in [1.807, 2.05) is 7.05 Å². The fourth-order valence-electron chi connectivity index (χ4n) is 2.69. The van der Waals surface area contributed by atoms with Gasteiger partial charge in [-0.1, -0.05) is 18.6 Å². The topological polar surface area (TPSA) is 6.48 Å². The van der Waals surface area contributed by atoms with Gasteiger partial charge in [-0.2, -0.15) is 13.2 Å². The highest BCUT2D eigenvalue weighted by molar-refractivity contribution is 5.24. The van der Waals surface area contributed by atoms with Crippen LogP contribution in [0.15, 0.2) is 24.3 Å². The molecule has 0 saturated carbocycles. The van der Waals surface area contributed by atoms with Gasteiger partial charge >= 0.3 is 6.18 Å². The number of halogens is 3. The van der Waals surface area contributed by atoms with Gasteiger partial charge in [0.05, 0.1) is 5.56 Å². The average Bonchev–Trinajstić information content (AvgIpc) is 2.46. The van der Waals surface area contributed by atoms with Crippen LogP contribution in [-0.4, -0.2) is 43.0 Å². The molecule has 21 heavy (non-hydrogen) atoms. The SMILES string of the molecule is CN(CCN1CCCCC1)Cc1ccc(C(F)(F)F)cc1. The van der Waals surface area contributed by atoms with Crippen LogP contribution < -0.4 is 0 Å². The van der Waals surface area contributed by atoms with Gasteiger partial charge in [-0.3, -0.25) is 0 Å². The molecule has 5 heteroatoms. The van der Waals surface area contributed by atoms with Gasteiger partial charge in [-0.15, -0.1) is 0 Å². The molecule has 0 amide bonds. The number of rotatable bonds is 5. The third-order valence-corrected chi connectivity index (χ3v) is 3.98. The molecule has 1 aromatic rings. The summed E-state index contributed by atoms with van der Waals surface area (Å²) in [7, 11) is 2.02. The van der Waals surface area contributed by atoms with E-state index in [-0.39, 0.29) is 0 Å². The maximum atomic E-state index is 12.5. The molecule has 118 valence electrons. The van der Waals surface area contributed by atoms with Crippen LogP contribution in [0.3, 0.4) is 0 Å². The molecule has 0 N–H and O–H groups in total. The molecule has 0 radical (unpaired) electrons. The Hall–Kier alpha value is -1.07. The third kappa shape index (κ3) is 5.32. The fraction of sp³-hybridized carbons (Fsp3) is 0.625. The standard InChI is InChI=1S/C16H23F3N2/c1-20(11-12-21-9-3-2-4-10-21)13-14-5-7-15(8-6-14)16(17,18)19/h5-8H,2-4,9-13H2,1H3. The highest BCUT2D eigenvalue weighted by Crippen LogP contribution is 2.29. The lowest BCUT2D eigenvalue weighted by molar-refractivity contribution is -0.137. The summed E-state index contributed by atoms with van der Waals surface area (Å²) in [6.07, 6.45) is -0.359. The molecule has 1 aliphatic rings. The summed E-state index contributed by atoms with van der Waals surface area (Å²) in [5.41, 5.74) is 0.339. The first kappa shape index (κ1) is 16.3. The van der Waals surface area contributed by atoms with Crippen LogP contribution in [0.2, 0.25) is 0 Å². The van der Waals surface area contributed by atoms with E-state index in [0.717, 1.165) is 30.8 Å². The van der Waals surface area contributed by atoms with E-state index in [1.54, 1.807) is 12.1 Å². The molecule has 0 spiro atoms. The monoisotopic (exact) mass is 300 g/mol. The van der Waals surface area contributed by atoms with Gasteiger partial charge in [0, 0.05) is 19.6 Å². The highest BCUT2D eigenvalue weighted by Gasteiger charge is 2.29. The Morgan fingerprint density at radius 2 is 1.67 bits per heavy atom. The second-order valence-electron chi connectivity index (χ2n) is 5.83. The van der Waals surface area contributed by atoms with E-state index in [9.17, 15) is 13.2 Å². The first-order valence-corrected chi connectivity index (χ1v) is 7.52. The van der Waals surface area contributed by atoms with Crippen molar-refractivity contribution < 1.29 is 13.2 Å². The molecule has 1 saturated heterocycles. The van der Waals surface area contributed by atoms with Gasteiger partial charge in [0.25, 0.3) is 0 Å². The minimum Gasteiger partial charge on any atom is -0.302 e. The summed E-state index contributed by atoms with van der Waals surface area (Å²) in [5.74, 6) is 0. The van der Waals surface area contributed by atoms with Crippen molar-refractivity contribution in [1.29, 1.82) is 0 Å². The molecule has 0 bridgehead atoms. The van der Waals surface area contributed by atoms with E-state index in [0.29, 0.717) is 6.54 Å². The van der Waals surface area contributed by atoms with Gasteiger partial charge in [-0.05, 0) is 50.7 Å². The Morgan fingerprint density at radius 3 is 2.24 bits per heavy atom. The smallest absolute Gasteiger partial charge is 0.302 e. The summed E-state index contributed by atoms with van der Waals surface area (Å²) < 4.78 is 37.5. The molecule has 1 heterocycles. The zero-order valence-corrected chi connectivity index (χ0v) is 12.5. The van der Waals surface area contributed by atoms with Crippen LogP contribution >= 0.6 is 0 Å². The van der Waals surface area contributed by atoms with Crippen LogP contribution in [0.25, 0.3) is 0 Å². The van der Waals surface area contributed by atoms with E-state index in [4.69, 9.17) is 0 Å². The molecular weight excluding hydrogens is 277 g/mol. The summed E-state index contributed by atoms with van der Waals surface area (Å²) in [6.45, 7) is 5.02. The number of likely N-dealkylation sites (N-methyl/N-ethyl adjacent to an activating group) is 1. The van der Waals surface area contributed by atoms with Gasteiger partial charge in [0.15, 0.2) is 0 Å². The molecule has 0 aliphatic carbocycles. The summed E-state index contributed by atoms with van der Waals surface area (Å²) >= 11 is 0. The van der Waals surface area contributed by atoms with Crippen LogP contribution in [-0.2, 0) is 12.7 Å². The fourth-order valence-corrected chi connectivity index (χ4v) is 2.69. The maximum Gasteiger partial charge on any atom is 0.416 e. The van der Waals surface area contributed by atoms with Crippen molar-refractivity contribution in [2.75, 3.05) is 33.2 Å². The first-order chi connectivity index (χ1) is 9.95. The molecule has 1 fully saturated rings. The van der Waals surface area contributed by atoms with Crippen molar-refractivity contribution >= 4 is 0 Å². The third-order valence-electron chi connectivity index (χ3n) is 3.98. The number of alkyl halides is 3. The second-order valence-corrected chi connectivity index (χ2v) is 5.83. The van der Waals surface area contributed by atoms with Gasteiger partial charge in [-0.25, -0.2) is 0 Å². The zero-order chi connectivity index (χ0) is 15.3. The summed E-state index contributed by atoms with van der Waals surface area (Å²) in [4.78, 5) is 4.63. The number of hydrogen-bond acceptors (Lipinski definition) is 2. The predicted molar refractivity (Wildman–Crippen MR) is 78.1 cm³/mol. The van der Waals surface area contributed by atoms with E-state index in [2.05, 4.69) is 9.80 Å². The minimum absolute atomic E-state index is 0.581. The quantitative estimate of drug-likeness (QED) is 0.819. The number of nitrogens with zero attached hydrogens (tertiary/aromatic N) is 2. The van der Waals surface area contributed by atoms with Crippen molar-refractivity contribution in [3.63, 3.8) is 0 Å². The second kappa shape index (κ2) is 7.27. The maximum absolute atomic E-state index is 12.5. The Bertz CT molecular complexity index is 422. The molecular formula is C16H23F3N2. The number of likely N-dealkylation sites (tertiary alicyclic amines) is 1. The molecule has 1 aliphatic heterocycles. The van der Waals surface area contributed by atoms with Crippen molar-refractivity contribution in [2.24, 2.45) is 0 Å². The predicted octanol–water partition coefficient (Wildman–Crippen LogP) is 3.62. The molecule has 0 unspecified atom stereocenters. The van der Waals surface area contributed by atoms with Crippen LogP contribution in [0, 0.1) is 0 Å². The largest absolute Gasteiger partial charge is 0.416 e. The zero-order valence-electron chi connectivity index (χ0n) is 12.5. The van der Waals surface area contributed by atoms with Crippen LogP contribution in [0.5, 0.6) is 0 Å². The summed E-state index contributed by atoms with van der Waals surface area (Å²) in [5, 5.41) is 0. The molecule has 0 aromatic heterocycles. The van der Waals surface area contributed by atoms with Crippen LogP contribution in [0.1, 0.15) is 30.4 Å². The minimum atomic E-state index is -4.25. The highest BCUT2D eigenvalue weighted by atomic mass is 19.4. The van der Waals surface area contributed by atoms with Crippen molar-refractivity contribution in [2.45, 2.75) is 32.0 Å². The van der Waals surface area contributed by atoms with E-state index >= 15 is 0 Å². The Morgan fingerprint density at radius 1 is 1.05 bits per heavy atom. The Balaban J connectivity index is 1.78. The normalized spacial score (nSPS) is 17.4. The van der Waals surface area contributed by atoms with Crippen molar-refractivity contribution in [3.05, 3.63) is 35.4 Å². The number of benzene rings is 1. The van der Waals surface area contributed by atoms with E-state index < -0.39 is 11.7 Å². The van der Waals surface area contributed by atoms with Crippen molar-refractivity contribution in [1.82, 2.24) is 9.80 Å². The lowest BCUT2D eigenvalue weighted by Crippen LogP contribution is -2.36. The number of piperidine rings is 1. The average molecular weight is 300 g/mol. The molecule has 0 atom stereocenters. The van der Waals surface area contributed by atoms with Gasteiger partial charge < -0.3 is 9.80 Å². The van der Waals surface area contributed by atoms with E-state index in [1.165, 1.54) is 32.4 Å². The van der Waals surface area contributed by atoms with Gasteiger partial charge in [0.1, 0.15) is 0 Å². The van der Waals surface area contributed by atoms with Gasteiger partial charge in [0.2, 0.25) is 0 Å². The Labute approximate surface area is 124 Å². The lowest BCUT2D eigenvalue weighted by atomic mass is 10.1. The molecule has 2 nitrogen and oxygen atoms in total. The molecule has 2 rings (SSSR count). The first-order valence-electron chi connectivity index (χ1n) is 7.52. The number of hydrogen-bond donors (Lipinski definition) is 0. The van der Waals surface area contributed by atoms with Crippen molar-refractivity contribution in [3.8, 4) is 0 Å². The van der Waals surface area contributed by atoms with Crippen LogP contribution in [0.4, 0.5) is 13.2 Å². The Kier molecular flexibility index (Phi) is 5.65. The lowest BCUT2D eigenvalue weighted by Gasteiger charge is -2.28. The summed E-state index contributed by atoms with van der Waals surface area (Å²) in [6, 6.07) is 5.46. The molecule has 1 aromatic carbocycles.